The van der Waals surface area contributed by atoms with Gasteiger partial charge in [0.1, 0.15) is 10.1 Å². The van der Waals surface area contributed by atoms with Gasteiger partial charge in [-0.3, -0.25) is 4.79 Å². The van der Waals surface area contributed by atoms with Crippen LogP contribution < -0.4 is 10.1 Å². The Bertz CT molecular complexity index is 1080. The largest absolute Gasteiger partial charge is 0.497 e. The van der Waals surface area contributed by atoms with E-state index in [0.717, 1.165) is 33.5 Å². The van der Waals surface area contributed by atoms with Gasteiger partial charge in [0.05, 0.1) is 23.4 Å². The van der Waals surface area contributed by atoms with Crippen LogP contribution in [0.5, 0.6) is 5.75 Å². The summed E-state index contributed by atoms with van der Waals surface area (Å²) < 4.78 is 5.74. The van der Waals surface area contributed by atoms with Crippen LogP contribution in [0.25, 0.3) is 28.1 Å². The Balaban J connectivity index is 1.70. The molecule has 2 heterocycles. The Morgan fingerprint density at radius 2 is 1.92 bits per heavy atom. The van der Waals surface area contributed by atoms with Gasteiger partial charge >= 0.3 is 0 Å². The molecule has 4 rings (SSSR count). The van der Waals surface area contributed by atoms with Crippen LogP contribution in [0, 0.1) is 0 Å². The van der Waals surface area contributed by atoms with Crippen LogP contribution in [0.4, 0.5) is 0 Å². The van der Waals surface area contributed by atoms with Crippen LogP contribution >= 0.6 is 24.0 Å². The van der Waals surface area contributed by atoms with Gasteiger partial charge < -0.3 is 10.1 Å². The molecule has 1 aliphatic rings. The van der Waals surface area contributed by atoms with Gasteiger partial charge in [-0.25, -0.2) is 4.98 Å². The van der Waals surface area contributed by atoms with E-state index in [9.17, 15) is 4.79 Å². The third-order valence-corrected chi connectivity index (χ3v) is 5.20. The van der Waals surface area contributed by atoms with Crippen molar-refractivity contribution in [1.82, 2.24) is 10.3 Å². The van der Waals surface area contributed by atoms with Gasteiger partial charge in [-0.2, -0.15) is 0 Å². The number of carbonyl (C=O) groups excluding carboxylic acids is 1. The average molecular weight is 378 g/mol. The number of ether oxygens (including phenoxy) is 1. The molecule has 2 aromatic carbocycles. The summed E-state index contributed by atoms with van der Waals surface area (Å²) in [4.78, 5) is 17.0. The average Bonchev–Trinajstić information content (AvgIpc) is 2.98. The quantitative estimate of drug-likeness (QED) is 0.541. The molecule has 0 aliphatic carbocycles. The first-order valence-electron chi connectivity index (χ1n) is 7.92. The fourth-order valence-corrected chi connectivity index (χ4v) is 3.79. The number of carbonyl (C=O) groups is 1. The van der Waals surface area contributed by atoms with E-state index in [1.54, 1.807) is 13.2 Å². The van der Waals surface area contributed by atoms with Crippen molar-refractivity contribution in [2.24, 2.45) is 0 Å². The number of thioether (sulfide) groups is 1. The van der Waals surface area contributed by atoms with Crippen molar-refractivity contribution in [3.05, 3.63) is 65.2 Å². The van der Waals surface area contributed by atoms with E-state index in [4.69, 9.17) is 17.0 Å². The lowest BCUT2D eigenvalue weighted by atomic mass is 10.0. The molecule has 4 nitrogen and oxygen atoms in total. The minimum absolute atomic E-state index is 0.174. The fraction of sp³-hybridized carbons (Fsp3) is 0.0500. The maximum absolute atomic E-state index is 11.8. The van der Waals surface area contributed by atoms with Gasteiger partial charge in [0, 0.05) is 5.56 Å². The fourth-order valence-electron chi connectivity index (χ4n) is 2.76. The molecule has 0 bridgehead atoms. The van der Waals surface area contributed by atoms with E-state index in [1.807, 2.05) is 42.5 Å². The Labute approximate surface area is 160 Å². The highest BCUT2D eigenvalue weighted by atomic mass is 32.2. The lowest BCUT2D eigenvalue weighted by Crippen LogP contribution is -2.17. The predicted molar refractivity (Wildman–Crippen MR) is 110 cm³/mol. The molecule has 1 fully saturated rings. The van der Waals surface area contributed by atoms with E-state index in [1.165, 1.54) is 11.8 Å². The summed E-state index contributed by atoms with van der Waals surface area (Å²) >= 11 is 6.27. The summed E-state index contributed by atoms with van der Waals surface area (Å²) in [6.07, 6.45) is 1.76. The molecule has 128 valence electrons. The molecule has 6 heteroatoms. The summed E-state index contributed by atoms with van der Waals surface area (Å²) in [5.74, 6) is 0.661. The second-order valence-corrected chi connectivity index (χ2v) is 7.45. The standard InChI is InChI=1S/C20H14N2O2S2/c1-24-16-8-7-12-9-14(6-5-13(12)10-16)17-4-2-3-15(21-17)11-18-19(23)22-20(25)26-18/h2-11H,1H3,(H,22,23,25). The number of fused-ring (bicyclic) bond motifs is 1. The summed E-state index contributed by atoms with van der Waals surface area (Å²) in [6.45, 7) is 0. The second-order valence-electron chi connectivity index (χ2n) is 5.73. The van der Waals surface area contributed by atoms with Crippen LogP contribution in [-0.4, -0.2) is 22.3 Å². The predicted octanol–water partition coefficient (Wildman–Crippen LogP) is 4.40. The molecule has 26 heavy (non-hydrogen) atoms. The molecule has 0 radical (unpaired) electrons. The molecule has 3 aromatic rings. The van der Waals surface area contributed by atoms with E-state index < -0.39 is 0 Å². The van der Waals surface area contributed by atoms with Crippen molar-refractivity contribution in [3.63, 3.8) is 0 Å². The maximum atomic E-state index is 11.8. The summed E-state index contributed by atoms with van der Waals surface area (Å²) in [5, 5.41) is 4.84. The Morgan fingerprint density at radius 1 is 1.12 bits per heavy atom. The first-order valence-corrected chi connectivity index (χ1v) is 9.15. The minimum Gasteiger partial charge on any atom is -0.497 e. The number of hydrogen-bond acceptors (Lipinski definition) is 5. The first-order chi connectivity index (χ1) is 12.6. The molecule has 1 amide bonds. The number of nitrogens with zero attached hydrogens (tertiary/aromatic N) is 1. The van der Waals surface area contributed by atoms with E-state index in [2.05, 4.69) is 22.4 Å². The van der Waals surface area contributed by atoms with Crippen molar-refractivity contribution in [2.45, 2.75) is 0 Å². The second kappa shape index (κ2) is 6.90. The zero-order valence-electron chi connectivity index (χ0n) is 13.9. The number of methoxy groups -OCH3 is 1. The Hall–Kier alpha value is -2.70. The maximum Gasteiger partial charge on any atom is 0.263 e. The number of thiocarbonyl (C=S) groups is 1. The van der Waals surface area contributed by atoms with E-state index in [0.29, 0.717) is 9.23 Å². The third kappa shape index (κ3) is 3.34. The van der Waals surface area contributed by atoms with Crippen molar-refractivity contribution < 1.29 is 9.53 Å². The van der Waals surface area contributed by atoms with Crippen molar-refractivity contribution in [2.75, 3.05) is 7.11 Å². The lowest BCUT2D eigenvalue weighted by Gasteiger charge is -2.06. The molecule has 0 atom stereocenters. The number of nitrogens with one attached hydrogen (secondary N) is 1. The first kappa shape index (κ1) is 16.8. The Kier molecular flexibility index (Phi) is 4.44. The topological polar surface area (TPSA) is 51.2 Å². The lowest BCUT2D eigenvalue weighted by molar-refractivity contribution is -0.115. The molecule has 0 spiro atoms. The number of hydrogen-bond donors (Lipinski definition) is 1. The zero-order valence-corrected chi connectivity index (χ0v) is 15.5. The molecule has 1 aromatic heterocycles. The molecule has 1 aliphatic heterocycles. The minimum atomic E-state index is -0.174. The van der Waals surface area contributed by atoms with Crippen LogP contribution in [0.3, 0.4) is 0 Å². The number of pyridine rings is 1. The summed E-state index contributed by atoms with van der Waals surface area (Å²) in [5.41, 5.74) is 2.59. The molecule has 1 saturated heterocycles. The van der Waals surface area contributed by atoms with Gasteiger partial charge in [-0.05, 0) is 47.2 Å². The number of amides is 1. The van der Waals surface area contributed by atoms with Crippen molar-refractivity contribution in [3.8, 4) is 17.0 Å². The summed E-state index contributed by atoms with van der Waals surface area (Å²) in [7, 11) is 1.66. The number of aromatic nitrogens is 1. The van der Waals surface area contributed by atoms with Gasteiger partial charge in [0.15, 0.2) is 0 Å². The van der Waals surface area contributed by atoms with Gasteiger partial charge in [0.2, 0.25) is 0 Å². The van der Waals surface area contributed by atoms with Gasteiger partial charge in [0.25, 0.3) is 5.91 Å². The molecule has 0 saturated carbocycles. The van der Waals surface area contributed by atoms with Gasteiger partial charge in [-0.15, -0.1) is 0 Å². The highest BCUT2D eigenvalue weighted by Gasteiger charge is 2.22. The molecular formula is C20H14N2O2S2. The van der Waals surface area contributed by atoms with Crippen molar-refractivity contribution in [1.29, 1.82) is 0 Å². The van der Waals surface area contributed by atoms with E-state index >= 15 is 0 Å². The van der Waals surface area contributed by atoms with Crippen LogP contribution in [-0.2, 0) is 4.79 Å². The highest BCUT2D eigenvalue weighted by molar-refractivity contribution is 8.26. The smallest absolute Gasteiger partial charge is 0.263 e. The van der Waals surface area contributed by atoms with Crippen LogP contribution in [0.2, 0.25) is 0 Å². The monoisotopic (exact) mass is 378 g/mol. The Morgan fingerprint density at radius 3 is 2.69 bits per heavy atom. The molecule has 1 N–H and O–H groups in total. The van der Waals surface area contributed by atoms with E-state index in [-0.39, 0.29) is 5.91 Å². The zero-order chi connectivity index (χ0) is 18.1. The third-order valence-electron chi connectivity index (χ3n) is 4.03. The van der Waals surface area contributed by atoms with Crippen LogP contribution in [0.15, 0.2) is 59.5 Å². The molecule has 0 unspecified atom stereocenters. The summed E-state index contributed by atoms with van der Waals surface area (Å²) in [6, 6.07) is 17.9. The van der Waals surface area contributed by atoms with Crippen molar-refractivity contribution >= 4 is 51.1 Å². The molecular weight excluding hydrogens is 364 g/mol. The van der Waals surface area contributed by atoms with Gasteiger partial charge in [-0.1, -0.05) is 48.2 Å². The SMILES string of the molecule is COc1ccc2cc(-c3cccc(C=C4SC(=S)NC4=O)n3)ccc2c1. The number of rotatable bonds is 3. The van der Waals surface area contributed by atoms with Crippen LogP contribution in [0.1, 0.15) is 5.69 Å². The normalized spacial score (nSPS) is 15.5. The number of benzene rings is 2. The highest BCUT2D eigenvalue weighted by Crippen LogP contribution is 2.28.